The molecule has 6 N–H and O–H groups in total. The predicted octanol–water partition coefficient (Wildman–Crippen LogP) is 2.31. The van der Waals surface area contributed by atoms with Crippen LogP contribution in [-0.2, 0) is 47.3 Å². The minimum absolute atomic E-state index is 0.0136. The normalized spacial score (nSPS) is 18.1. The van der Waals surface area contributed by atoms with Gasteiger partial charge in [0.25, 0.3) is 0 Å². The quantitative estimate of drug-likeness (QED) is 0.0480. The van der Waals surface area contributed by atoms with Crippen LogP contribution in [0.3, 0.4) is 0 Å². The van der Waals surface area contributed by atoms with Crippen molar-refractivity contribution in [2.24, 2.45) is 5.92 Å². The molecule has 0 aromatic rings. The van der Waals surface area contributed by atoms with Gasteiger partial charge in [0, 0.05) is 58.2 Å². The fraction of sp³-hybridized carbons (Fsp3) is 0.857. The second-order valence-electron chi connectivity index (χ2n) is 13.3. The molecule has 5 amide bonds. The van der Waals surface area contributed by atoms with Gasteiger partial charge in [-0.15, -0.1) is 0 Å². The van der Waals surface area contributed by atoms with E-state index >= 15 is 0 Å². The molecule has 0 radical (unpaired) electrons. The second kappa shape index (κ2) is 27.9. The van der Waals surface area contributed by atoms with Gasteiger partial charge in [-0.05, 0) is 57.8 Å². The molecule has 52 heavy (non-hydrogen) atoms. The maximum Gasteiger partial charge on any atom is 0.330 e. The van der Waals surface area contributed by atoms with E-state index in [0.29, 0.717) is 65.3 Å². The van der Waals surface area contributed by atoms with Gasteiger partial charge in [0.15, 0.2) is 0 Å². The average Bonchev–Trinajstić information content (AvgIpc) is 3.11. The summed E-state index contributed by atoms with van der Waals surface area (Å²) >= 11 is 0. The third kappa shape index (κ3) is 21.2. The van der Waals surface area contributed by atoms with Crippen LogP contribution < -0.4 is 26.6 Å². The lowest BCUT2D eigenvalue weighted by molar-refractivity contribution is -0.133. The topological polar surface area (TPSA) is 220 Å². The molecule has 0 saturated heterocycles. The van der Waals surface area contributed by atoms with E-state index in [1.54, 1.807) is 13.8 Å². The number of carbonyl (C=O) groups excluding carboxylic acids is 5. The lowest BCUT2D eigenvalue weighted by Gasteiger charge is -2.30. The van der Waals surface area contributed by atoms with Gasteiger partial charge in [-0.3, -0.25) is 28.5 Å². The molecule has 0 aromatic carbocycles. The van der Waals surface area contributed by atoms with Crippen LogP contribution >= 0.6 is 7.60 Å². The van der Waals surface area contributed by atoms with E-state index in [1.165, 1.54) is 0 Å². The maximum atomic E-state index is 13.3. The van der Waals surface area contributed by atoms with Crippen molar-refractivity contribution in [1.29, 1.82) is 0 Å². The van der Waals surface area contributed by atoms with E-state index in [2.05, 4.69) is 26.6 Å². The number of ether oxygens (including phenoxy) is 3. The van der Waals surface area contributed by atoms with Gasteiger partial charge < -0.3 is 50.2 Å². The molecule has 1 saturated carbocycles. The number of carbonyl (C=O) groups is 5. The Morgan fingerprint density at radius 2 is 1.10 bits per heavy atom. The molecule has 1 rings (SSSR count). The van der Waals surface area contributed by atoms with Crippen molar-refractivity contribution in [2.45, 2.75) is 129 Å². The molecular formula is C35H66N5O11P. The van der Waals surface area contributed by atoms with Crippen LogP contribution in [0.1, 0.15) is 105 Å². The lowest BCUT2D eigenvalue weighted by Crippen LogP contribution is -2.51. The molecule has 0 aromatic heterocycles. The Balaban J connectivity index is 2.86. The molecule has 0 aliphatic heterocycles. The highest BCUT2D eigenvalue weighted by molar-refractivity contribution is 7.53. The first-order chi connectivity index (χ1) is 24.8. The molecule has 0 heterocycles. The highest BCUT2D eigenvalue weighted by Gasteiger charge is 2.34. The number of hydrogen-bond acceptors (Lipinski definition) is 10. The zero-order valence-corrected chi connectivity index (χ0v) is 32.9. The largest absolute Gasteiger partial charge is 0.380 e. The monoisotopic (exact) mass is 763 g/mol. The first-order valence-corrected chi connectivity index (χ1v) is 20.6. The summed E-state index contributed by atoms with van der Waals surface area (Å²) < 4.78 is 34.0. The minimum atomic E-state index is -3.75. The van der Waals surface area contributed by atoms with E-state index in [9.17, 15) is 33.4 Å². The van der Waals surface area contributed by atoms with Gasteiger partial charge in [0.1, 0.15) is 12.1 Å². The Kier molecular flexibility index (Phi) is 25.4. The van der Waals surface area contributed by atoms with E-state index in [4.69, 9.17) is 18.7 Å². The van der Waals surface area contributed by atoms with Crippen LogP contribution in [0.4, 0.5) is 0 Å². The second-order valence-corrected chi connectivity index (χ2v) is 15.6. The summed E-state index contributed by atoms with van der Waals surface area (Å²) in [6.45, 7) is 12.6. The van der Waals surface area contributed by atoms with Crippen molar-refractivity contribution < 1.29 is 52.2 Å². The molecular weight excluding hydrogens is 697 g/mol. The zero-order chi connectivity index (χ0) is 38.8. The molecule has 0 spiro atoms. The Hall–Kier alpha value is -2.62. The van der Waals surface area contributed by atoms with E-state index in [0.717, 1.165) is 19.3 Å². The maximum absolute atomic E-state index is 13.3. The van der Waals surface area contributed by atoms with E-state index < -0.39 is 55.1 Å². The van der Waals surface area contributed by atoms with Crippen molar-refractivity contribution >= 4 is 37.1 Å². The van der Waals surface area contributed by atoms with E-state index in [-0.39, 0.29) is 57.2 Å². The molecule has 302 valence electrons. The van der Waals surface area contributed by atoms with Gasteiger partial charge >= 0.3 is 7.60 Å². The summed E-state index contributed by atoms with van der Waals surface area (Å²) in [4.78, 5) is 75.3. The molecule has 17 heteroatoms. The highest BCUT2D eigenvalue weighted by Crippen LogP contribution is 2.50. The summed E-state index contributed by atoms with van der Waals surface area (Å²) in [5.74, 6) is -2.54. The van der Waals surface area contributed by atoms with Crippen molar-refractivity contribution in [3.8, 4) is 0 Å². The number of nitrogens with one attached hydrogen (secondary N) is 5. The Bertz CT molecular complexity index is 1110. The standard InChI is InChI=1S/C35H66N5O11P/c1-6-20-48-23-17-36-31(41)15-13-29(34(44)37-18-24-49-21-7-2)39-32(42)16-14-30(35(45)38-19-25-50-22-8-3)40-33(43)27-9-11-28(12-10-27)51-52(46,47)26(4)5/h26-30H,6-25H2,1-5H3,(H,36,41)(H,37,44)(H,38,45)(H,39,42)(H,40,43)(H,46,47). The lowest BCUT2D eigenvalue weighted by atomic mass is 9.86. The molecule has 16 nitrogen and oxygen atoms in total. The third-order valence-corrected chi connectivity index (χ3v) is 10.2. The van der Waals surface area contributed by atoms with Crippen molar-refractivity contribution in [1.82, 2.24) is 26.6 Å². The van der Waals surface area contributed by atoms with Crippen LogP contribution in [-0.4, -0.2) is 118 Å². The van der Waals surface area contributed by atoms with Crippen molar-refractivity contribution in [2.75, 3.05) is 59.3 Å². The first-order valence-electron chi connectivity index (χ1n) is 19.0. The average molecular weight is 764 g/mol. The smallest absolute Gasteiger partial charge is 0.330 e. The third-order valence-electron chi connectivity index (χ3n) is 8.31. The minimum Gasteiger partial charge on any atom is -0.380 e. The van der Waals surface area contributed by atoms with E-state index in [1.807, 2.05) is 20.8 Å². The predicted molar refractivity (Wildman–Crippen MR) is 196 cm³/mol. The van der Waals surface area contributed by atoms with Crippen LogP contribution in [0.5, 0.6) is 0 Å². The molecule has 3 unspecified atom stereocenters. The molecule has 1 aliphatic rings. The molecule has 3 atom stereocenters. The summed E-state index contributed by atoms with van der Waals surface area (Å²) in [5.41, 5.74) is -0.535. The Morgan fingerprint density at radius 3 is 1.56 bits per heavy atom. The zero-order valence-electron chi connectivity index (χ0n) is 32.0. The number of hydrogen-bond donors (Lipinski definition) is 6. The summed E-state index contributed by atoms with van der Waals surface area (Å²) in [5, 5.41) is 13.7. The fourth-order valence-corrected chi connectivity index (χ4v) is 6.12. The Labute approximate surface area is 309 Å². The van der Waals surface area contributed by atoms with Crippen LogP contribution in [0.2, 0.25) is 0 Å². The van der Waals surface area contributed by atoms with Crippen LogP contribution in [0.15, 0.2) is 0 Å². The highest BCUT2D eigenvalue weighted by atomic mass is 31.2. The summed E-state index contributed by atoms with van der Waals surface area (Å²) in [6, 6.07) is -2.05. The summed E-state index contributed by atoms with van der Waals surface area (Å²) in [7, 11) is -3.75. The molecule has 1 aliphatic carbocycles. The number of amides is 5. The fourth-order valence-electron chi connectivity index (χ4n) is 5.24. The van der Waals surface area contributed by atoms with Crippen LogP contribution in [0.25, 0.3) is 0 Å². The van der Waals surface area contributed by atoms with Crippen molar-refractivity contribution in [3.05, 3.63) is 0 Å². The SMILES string of the molecule is CCCOCCNC(=O)CCC(NC(=O)CCC(NC(=O)C1CCC(OP(=O)(O)C(C)C)CC1)C(=O)NCCOCCC)C(=O)NCCOCCC. The number of rotatable bonds is 29. The van der Waals surface area contributed by atoms with Crippen LogP contribution in [0, 0.1) is 5.92 Å². The molecule has 0 bridgehead atoms. The van der Waals surface area contributed by atoms with Gasteiger partial charge in [0.05, 0.1) is 31.6 Å². The first kappa shape index (κ1) is 47.4. The van der Waals surface area contributed by atoms with Gasteiger partial charge in [-0.1, -0.05) is 34.6 Å². The van der Waals surface area contributed by atoms with Crippen molar-refractivity contribution in [3.63, 3.8) is 0 Å². The summed E-state index contributed by atoms with van der Waals surface area (Å²) in [6.07, 6.45) is 3.55. The van der Waals surface area contributed by atoms with Gasteiger partial charge in [0.2, 0.25) is 29.5 Å². The van der Waals surface area contributed by atoms with Gasteiger partial charge in [-0.2, -0.15) is 0 Å². The molecule has 1 fully saturated rings. The Morgan fingerprint density at radius 1 is 0.654 bits per heavy atom. The van der Waals surface area contributed by atoms with Gasteiger partial charge in [-0.25, -0.2) is 0 Å².